The molecule has 6 heteroatoms. The zero-order valence-electron chi connectivity index (χ0n) is 10.9. The summed E-state index contributed by atoms with van der Waals surface area (Å²) in [6.45, 7) is 4.98. The summed E-state index contributed by atoms with van der Waals surface area (Å²) in [6.07, 6.45) is 3.53. The first-order valence-electron chi connectivity index (χ1n) is 6.16. The molecule has 1 aliphatic rings. The summed E-state index contributed by atoms with van der Waals surface area (Å²) in [5.74, 6) is 0.339. The maximum atomic E-state index is 11.1. The Morgan fingerprint density at radius 2 is 2.11 bits per heavy atom. The summed E-state index contributed by atoms with van der Waals surface area (Å²) in [5.41, 5.74) is 0.747. The first kappa shape index (κ1) is 12.7. The minimum atomic E-state index is -0.139. The average Bonchev–Trinajstić information content (AvgIpc) is 2.62. The van der Waals surface area contributed by atoms with E-state index in [-0.39, 0.29) is 29.7 Å². The second-order valence-electron chi connectivity index (χ2n) is 4.98. The van der Waals surface area contributed by atoms with Gasteiger partial charge in [0.15, 0.2) is 0 Å². The Labute approximate surface area is 106 Å². The molecular weight excluding hydrogens is 232 g/mol. The van der Waals surface area contributed by atoms with Gasteiger partial charge in [0.1, 0.15) is 11.5 Å². The fraction of sp³-hybridized carbons (Fsp3) is 0.667. The van der Waals surface area contributed by atoms with Crippen molar-refractivity contribution in [2.45, 2.75) is 45.7 Å². The molecule has 1 aromatic rings. The summed E-state index contributed by atoms with van der Waals surface area (Å²) < 4.78 is 1.80. The van der Waals surface area contributed by atoms with Crippen LogP contribution in [0.1, 0.15) is 51.4 Å². The van der Waals surface area contributed by atoms with Gasteiger partial charge < -0.3 is 5.32 Å². The number of amides is 1. The van der Waals surface area contributed by atoms with Gasteiger partial charge >= 0.3 is 0 Å². The fourth-order valence-electron chi connectivity index (χ4n) is 2.18. The van der Waals surface area contributed by atoms with Crippen LogP contribution in [0.3, 0.4) is 0 Å². The number of hydrogen-bond acceptors (Lipinski definition) is 4. The smallest absolute Gasteiger partial charge is 0.217 e. The highest BCUT2D eigenvalue weighted by Crippen LogP contribution is 2.37. The Kier molecular flexibility index (Phi) is 3.45. The molecule has 0 bridgehead atoms. The van der Waals surface area contributed by atoms with Crippen LogP contribution in [0.2, 0.25) is 0 Å². The van der Waals surface area contributed by atoms with Gasteiger partial charge in [-0.1, -0.05) is 5.21 Å². The van der Waals surface area contributed by atoms with Crippen LogP contribution in [0.5, 0.6) is 0 Å². The summed E-state index contributed by atoms with van der Waals surface area (Å²) in [4.78, 5) is 22.1. The van der Waals surface area contributed by atoms with E-state index >= 15 is 0 Å². The van der Waals surface area contributed by atoms with E-state index in [0.717, 1.165) is 18.5 Å². The van der Waals surface area contributed by atoms with E-state index in [0.29, 0.717) is 0 Å². The lowest BCUT2D eigenvalue weighted by Crippen LogP contribution is -2.31. The number of rotatable bonds is 4. The first-order chi connectivity index (χ1) is 8.47. The van der Waals surface area contributed by atoms with E-state index in [1.807, 2.05) is 13.1 Å². The van der Waals surface area contributed by atoms with Crippen LogP contribution in [-0.4, -0.2) is 26.7 Å². The number of ketones is 1. The Bertz CT molecular complexity index is 462. The third-order valence-electron chi connectivity index (χ3n) is 3.45. The van der Waals surface area contributed by atoms with Crippen molar-refractivity contribution in [3.63, 3.8) is 0 Å². The van der Waals surface area contributed by atoms with Crippen molar-refractivity contribution >= 4 is 11.7 Å². The highest BCUT2D eigenvalue weighted by Gasteiger charge is 2.34. The number of nitrogens with one attached hydrogen (secondary N) is 1. The Hall–Kier alpha value is -1.72. The molecule has 98 valence electrons. The molecule has 1 aliphatic carbocycles. The molecule has 18 heavy (non-hydrogen) atoms. The lowest BCUT2D eigenvalue weighted by Gasteiger charge is -2.33. The van der Waals surface area contributed by atoms with Crippen LogP contribution in [-0.2, 0) is 9.59 Å². The molecule has 1 saturated carbocycles. The van der Waals surface area contributed by atoms with Gasteiger partial charge in [-0.05, 0) is 26.7 Å². The Morgan fingerprint density at radius 1 is 1.44 bits per heavy atom. The van der Waals surface area contributed by atoms with Gasteiger partial charge in [0.25, 0.3) is 0 Å². The molecule has 0 saturated heterocycles. The van der Waals surface area contributed by atoms with Crippen LogP contribution in [0.15, 0.2) is 6.20 Å². The van der Waals surface area contributed by atoms with Crippen molar-refractivity contribution in [2.75, 3.05) is 0 Å². The predicted molar refractivity (Wildman–Crippen MR) is 64.7 cm³/mol. The largest absolute Gasteiger partial charge is 0.348 e. The maximum Gasteiger partial charge on any atom is 0.217 e. The van der Waals surface area contributed by atoms with Gasteiger partial charge in [-0.2, -0.15) is 0 Å². The van der Waals surface area contributed by atoms with Crippen molar-refractivity contribution in [1.82, 2.24) is 20.3 Å². The summed E-state index contributed by atoms with van der Waals surface area (Å²) in [5, 5.41) is 10.9. The maximum absolute atomic E-state index is 11.1. The summed E-state index contributed by atoms with van der Waals surface area (Å²) >= 11 is 0. The highest BCUT2D eigenvalue weighted by molar-refractivity contribution is 5.79. The number of aromatic nitrogens is 3. The van der Waals surface area contributed by atoms with Gasteiger partial charge in [0.2, 0.25) is 5.91 Å². The third kappa shape index (κ3) is 2.57. The SMILES string of the molecule is CC(=O)NC(C)c1cn(C2CC(C(C)=O)C2)nn1. The molecule has 0 spiro atoms. The minimum absolute atomic E-state index is 0.0858. The fourth-order valence-corrected chi connectivity index (χ4v) is 2.18. The normalized spacial score (nSPS) is 24.2. The highest BCUT2D eigenvalue weighted by atomic mass is 16.1. The second-order valence-corrected chi connectivity index (χ2v) is 4.98. The summed E-state index contributed by atoms with van der Waals surface area (Å²) in [7, 11) is 0. The lowest BCUT2D eigenvalue weighted by atomic mass is 9.78. The lowest BCUT2D eigenvalue weighted by molar-refractivity contribution is -0.124. The van der Waals surface area contributed by atoms with E-state index in [2.05, 4.69) is 15.6 Å². The molecule has 1 heterocycles. The molecule has 1 amide bonds. The monoisotopic (exact) mass is 250 g/mol. The van der Waals surface area contributed by atoms with E-state index < -0.39 is 0 Å². The van der Waals surface area contributed by atoms with Gasteiger partial charge in [0, 0.05) is 12.8 Å². The number of hydrogen-bond donors (Lipinski definition) is 1. The third-order valence-corrected chi connectivity index (χ3v) is 3.45. The quantitative estimate of drug-likeness (QED) is 0.865. The van der Waals surface area contributed by atoms with E-state index in [9.17, 15) is 9.59 Å². The van der Waals surface area contributed by atoms with Crippen LogP contribution < -0.4 is 5.32 Å². The van der Waals surface area contributed by atoms with E-state index in [1.54, 1.807) is 11.6 Å². The number of carbonyl (C=O) groups excluding carboxylic acids is 2. The molecule has 0 radical (unpaired) electrons. The average molecular weight is 250 g/mol. The van der Waals surface area contributed by atoms with Crippen LogP contribution >= 0.6 is 0 Å². The van der Waals surface area contributed by atoms with Gasteiger partial charge in [-0.15, -0.1) is 5.10 Å². The molecule has 2 rings (SSSR count). The topological polar surface area (TPSA) is 76.9 Å². The molecule has 1 atom stereocenters. The molecule has 1 unspecified atom stereocenters. The number of carbonyl (C=O) groups is 2. The van der Waals surface area contributed by atoms with Crippen molar-refractivity contribution in [2.24, 2.45) is 5.92 Å². The predicted octanol–water partition coefficient (Wildman–Crippen LogP) is 1.02. The Morgan fingerprint density at radius 3 is 2.67 bits per heavy atom. The molecule has 0 aromatic carbocycles. The van der Waals surface area contributed by atoms with Crippen molar-refractivity contribution in [1.29, 1.82) is 0 Å². The molecule has 6 nitrogen and oxygen atoms in total. The minimum Gasteiger partial charge on any atom is -0.348 e. The van der Waals surface area contributed by atoms with Gasteiger partial charge in [0.05, 0.1) is 18.3 Å². The first-order valence-corrected chi connectivity index (χ1v) is 6.16. The molecule has 1 fully saturated rings. The van der Waals surface area contributed by atoms with E-state index in [1.165, 1.54) is 6.92 Å². The molecule has 1 N–H and O–H groups in total. The van der Waals surface area contributed by atoms with Crippen LogP contribution in [0.4, 0.5) is 0 Å². The number of Topliss-reactive ketones (excluding diaryl/α,β-unsaturated/α-hetero) is 1. The van der Waals surface area contributed by atoms with Crippen molar-refractivity contribution in [3.8, 4) is 0 Å². The molecule has 1 aromatic heterocycles. The van der Waals surface area contributed by atoms with Crippen LogP contribution in [0, 0.1) is 5.92 Å². The van der Waals surface area contributed by atoms with E-state index in [4.69, 9.17) is 0 Å². The standard InChI is InChI=1S/C12H18N4O2/c1-7(13-9(3)18)12-6-16(15-14-12)11-4-10(5-11)8(2)17/h6-7,10-11H,4-5H2,1-3H3,(H,13,18). The van der Waals surface area contributed by atoms with Crippen molar-refractivity contribution in [3.05, 3.63) is 11.9 Å². The molecular formula is C12H18N4O2. The zero-order valence-corrected chi connectivity index (χ0v) is 10.9. The number of nitrogens with zero attached hydrogens (tertiary/aromatic N) is 3. The molecule has 0 aliphatic heterocycles. The van der Waals surface area contributed by atoms with Gasteiger partial charge in [-0.3, -0.25) is 9.59 Å². The van der Waals surface area contributed by atoms with Crippen LogP contribution in [0.25, 0.3) is 0 Å². The zero-order chi connectivity index (χ0) is 13.3. The van der Waals surface area contributed by atoms with Gasteiger partial charge in [-0.25, -0.2) is 4.68 Å². The second kappa shape index (κ2) is 4.88. The Balaban J connectivity index is 1.95. The van der Waals surface area contributed by atoms with Crippen molar-refractivity contribution < 1.29 is 9.59 Å². The summed E-state index contributed by atoms with van der Waals surface area (Å²) in [6, 6.07) is 0.129.